The van der Waals surface area contributed by atoms with Gasteiger partial charge in [0.15, 0.2) is 6.61 Å². The highest BCUT2D eigenvalue weighted by Gasteiger charge is 2.11. The summed E-state index contributed by atoms with van der Waals surface area (Å²) in [7, 11) is 0. The Labute approximate surface area is 175 Å². The van der Waals surface area contributed by atoms with Gasteiger partial charge < -0.3 is 20.5 Å². The molecule has 0 aliphatic rings. The van der Waals surface area contributed by atoms with Gasteiger partial charge in [-0.3, -0.25) is 9.59 Å². The largest absolute Gasteiger partial charge is 0.491 e. The number of ether oxygens (including phenoxy) is 2. The van der Waals surface area contributed by atoms with Gasteiger partial charge in [0.2, 0.25) is 5.91 Å². The Morgan fingerprint density at radius 2 is 1.47 bits per heavy atom. The molecule has 0 aliphatic heterocycles. The number of nitrogens with one attached hydrogen (secondary N) is 1. The average molecular weight is 404 g/mol. The summed E-state index contributed by atoms with van der Waals surface area (Å²) < 4.78 is 11.3. The minimum atomic E-state index is -0.445. The first-order valence-electron chi connectivity index (χ1n) is 9.66. The molecule has 0 saturated carbocycles. The second-order valence-electron chi connectivity index (χ2n) is 6.67. The van der Waals surface area contributed by atoms with Crippen molar-refractivity contribution in [2.75, 3.05) is 18.5 Å². The zero-order valence-electron chi connectivity index (χ0n) is 16.5. The van der Waals surface area contributed by atoms with E-state index in [-0.39, 0.29) is 25.5 Å². The fourth-order valence-electron chi connectivity index (χ4n) is 2.89. The molecule has 6 heteroatoms. The molecule has 3 N–H and O–H groups in total. The molecule has 3 aromatic carbocycles. The predicted molar refractivity (Wildman–Crippen MR) is 116 cm³/mol. The van der Waals surface area contributed by atoms with Crippen LogP contribution in [0, 0.1) is 0 Å². The van der Waals surface area contributed by atoms with Gasteiger partial charge in [0.05, 0.1) is 18.7 Å². The Morgan fingerprint density at radius 1 is 0.800 bits per heavy atom. The molecule has 0 bridgehead atoms. The SMILES string of the molecule is NC(=O)CCOc1ccccc1NC(=O)COc1ccccc1Cc1ccccc1. The zero-order chi connectivity index (χ0) is 21.2. The molecular formula is C24H24N2O4. The quantitative estimate of drug-likeness (QED) is 0.541. The second kappa shape index (κ2) is 10.7. The zero-order valence-corrected chi connectivity index (χ0v) is 16.5. The predicted octanol–water partition coefficient (Wildman–Crippen LogP) is 3.55. The van der Waals surface area contributed by atoms with Gasteiger partial charge in [-0.15, -0.1) is 0 Å². The minimum absolute atomic E-state index is 0.101. The maximum absolute atomic E-state index is 12.4. The molecule has 6 nitrogen and oxygen atoms in total. The van der Waals surface area contributed by atoms with Crippen LogP contribution in [0.25, 0.3) is 0 Å². The van der Waals surface area contributed by atoms with Crippen LogP contribution in [0.4, 0.5) is 5.69 Å². The van der Waals surface area contributed by atoms with Gasteiger partial charge in [-0.2, -0.15) is 0 Å². The summed E-state index contributed by atoms with van der Waals surface area (Å²) in [5.74, 6) is 0.383. The van der Waals surface area contributed by atoms with Crippen molar-refractivity contribution in [2.24, 2.45) is 5.73 Å². The lowest BCUT2D eigenvalue weighted by Crippen LogP contribution is -2.21. The standard InChI is InChI=1S/C24H24N2O4/c25-23(27)14-15-29-22-13-7-5-11-20(22)26-24(28)17-30-21-12-6-4-10-19(21)16-18-8-2-1-3-9-18/h1-13H,14-17H2,(H2,25,27)(H,26,28). The molecule has 0 aliphatic carbocycles. The van der Waals surface area contributed by atoms with Gasteiger partial charge in [0.25, 0.3) is 5.91 Å². The number of carbonyl (C=O) groups excluding carboxylic acids is 2. The van der Waals surface area contributed by atoms with Crippen LogP contribution in [0.1, 0.15) is 17.5 Å². The number of rotatable bonds is 10. The third-order valence-corrected chi connectivity index (χ3v) is 4.34. The van der Waals surface area contributed by atoms with Crippen molar-refractivity contribution in [3.63, 3.8) is 0 Å². The van der Waals surface area contributed by atoms with Gasteiger partial charge in [0.1, 0.15) is 11.5 Å². The van der Waals surface area contributed by atoms with Crippen LogP contribution < -0.4 is 20.5 Å². The minimum Gasteiger partial charge on any atom is -0.491 e. The molecule has 3 rings (SSSR count). The van der Waals surface area contributed by atoms with Gasteiger partial charge in [-0.05, 0) is 29.3 Å². The fraction of sp³-hybridized carbons (Fsp3) is 0.167. The van der Waals surface area contributed by atoms with Crippen molar-refractivity contribution in [2.45, 2.75) is 12.8 Å². The maximum Gasteiger partial charge on any atom is 0.262 e. The number of carbonyl (C=O) groups is 2. The Balaban J connectivity index is 1.59. The molecule has 0 heterocycles. The highest BCUT2D eigenvalue weighted by Crippen LogP contribution is 2.24. The molecule has 0 spiro atoms. The van der Waals surface area contributed by atoms with Crippen LogP contribution in [0.15, 0.2) is 78.9 Å². The molecule has 0 atom stereocenters. The van der Waals surface area contributed by atoms with E-state index in [9.17, 15) is 9.59 Å². The van der Waals surface area contributed by atoms with Gasteiger partial charge in [0, 0.05) is 6.42 Å². The molecule has 3 aromatic rings. The van der Waals surface area contributed by atoms with Crippen molar-refractivity contribution in [1.29, 1.82) is 0 Å². The van der Waals surface area contributed by atoms with E-state index in [0.717, 1.165) is 12.0 Å². The highest BCUT2D eigenvalue weighted by molar-refractivity contribution is 5.93. The number of amides is 2. The molecule has 0 fully saturated rings. The van der Waals surface area contributed by atoms with Crippen LogP contribution in [-0.4, -0.2) is 25.0 Å². The van der Waals surface area contributed by atoms with Crippen LogP contribution in [0.3, 0.4) is 0 Å². The van der Waals surface area contributed by atoms with Crippen LogP contribution in [-0.2, 0) is 16.0 Å². The molecule has 0 saturated heterocycles. The first-order valence-corrected chi connectivity index (χ1v) is 9.66. The summed E-state index contributed by atoms with van der Waals surface area (Å²) >= 11 is 0. The maximum atomic E-state index is 12.4. The van der Waals surface area contributed by atoms with E-state index in [2.05, 4.69) is 17.4 Å². The molecule has 0 unspecified atom stereocenters. The molecule has 154 valence electrons. The third-order valence-electron chi connectivity index (χ3n) is 4.34. The van der Waals surface area contributed by atoms with Crippen LogP contribution in [0.5, 0.6) is 11.5 Å². The van der Waals surface area contributed by atoms with Gasteiger partial charge >= 0.3 is 0 Å². The van der Waals surface area contributed by atoms with Crippen LogP contribution >= 0.6 is 0 Å². The Bertz CT molecular complexity index is 989. The summed E-state index contributed by atoms with van der Waals surface area (Å²) in [5, 5.41) is 2.78. The molecule has 0 radical (unpaired) electrons. The summed E-state index contributed by atoms with van der Waals surface area (Å²) in [6.45, 7) is 0.00695. The van der Waals surface area contributed by atoms with Gasteiger partial charge in [-0.1, -0.05) is 60.7 Å². The molecule has 0 aromatic heterocycles. The lowest BCUT2D eigenvalue weighted by atomic mass is 10.0. The van der Waals surface area contributed by atoms with Crippen molar-refractivity contribution in [1.82, 2.24) is 0 Å². The van der Waals surface area contributed by atoms with Gasteiger partial charge in [-0.25, -0.2) is 0 Å². The average Bonchev–Trinajstić information content (AvgIpc) is 2.75. The van der Waals surface area contributed by atoms with E-state index in [0.29, 0.717) is 17.2 Å². The summed E-state index contributed by atoms with van der Waals surface area (Å²) in [6, 6.07) is 24.8. The van der Waals surface area contributed by atoms with E-state index in [1.807, 2.05) is 42.5 Å². The fourth-order valence-corrected chi connectivity index (χ4v) is 2.89. The second-order valence-corrected chi connectivity index (χ2v) is 6.67. The van der Waals surface area contributed by atoms with Crippen LogP contribution in [0.2, 0.25) is 0 Å². The Kier molecular flexibility index (Phi) is 7.44. The van der Waals surface area contributed by atoms with Crippen molar-refractivity contribution in [3.05, 3.63) is 90.0 Å². The van der Waals surface area contributed by atoms with E-state index in [1.54, 1.807) is 24.3 Å². The molecular weight excluding hydrogens is 380 g/mol. The lowest BCUT2D eigenvalue weighted by Gasteiger charge is -2.14. The number of hydrogen-bond acceptors (Lipinski definition) is 4. The monoisotopic (exact) mass is 404 g/mol. The number of hydrogen-bond donors (Lipinski definition) is 2. The van der Waals surface area contributed by atoms with E-state index in [1.165, 1.54) is 5.56 Å². The first-order chi connectivity index (χ1) is 14.6. The molecule has 30 heavy (non-hydrogen) atoms. The van der Waals surface area contributed by atoms with Crippen molar-refractivity contribution in [3.8, 4) is 11.5 Å². The number of nitrogens with two attached hydrogens (primary N) is 1. The third kappa shape index (κ3) is 6.38. The van der Waals surface area contributed by atoms with E-state index < -0.39 is 5.91 Å². The topological polar surface area (TPSA) is 90.7 Å². The van der Waals surface area contributed by atoms with E-state index >= 15 is 0 Å². The Morgan fingerprint density at radius 3 is 2.23 bits per heavy atom. The first kappa shape index (κ1) is 20.9. The Hall–Kier alpha value is -3.80. The smallest absolute Gasteiger partial charge is 0.262 e. The normalized spacial score (nSPS) is 10.3. The molecule has 2 amide bonds. The number of para-hydroxylation sites is 3. The van der Waals surface area contributed by atoms with Crippen molar-refractivity contribution >= 4 is 17.5 Å². The summed E-state index contributed by atoms with van der Waals surface area (Å²) in [6.07, 6.45) is 0.818. The highest BCUT2D eigenvalue weighted by atomic mass is 16.5. The summed E-state index contributed by atoms with van der Waals surface area (Å²) in [4.78, 5) is 23.3. The number of anilines is 1. The van der Waals surface area contributed by atoms with Crippen molar-refractivity contribution < 1.29 is 19.1 Å². The lowest BCUT2D eigenvalue weighted by molar-refractivity contribution is -0.119. The van der Waals surface area contributed by atoms with E-state index in [4.69, 9.17) is 15.2 Å². The number of benzene rings is 3. The number of primary amides is 1. The summed E-state index contributed by atoms with van der Waals surface area (Å²) in [5.41, 5.74) is 7.81.